The molecule has 0 spiro atoms. The molecule has 1 N–H and O–H groups in total. The second-order valence-corrected chi connectivity index (χ2v) is 7.38. The number of phenolic OH excluding ortho intramolecular Hbond substituents is 1. The van der Waals surface area contributed by atoms with E-state index in [1.165, 1.54) is 44.6 Å². The van der Waals surface area contributed by atoms with E-state index in [4.69, 9.17) is 21.1 Å². The van der Waals surface area contributed by atoms with Crippen molar-refractivity contribution < 1.29 is 36.9 Å². The van der Waals surface area contributed by atoms with Crippen molar-refractivity contribution >= 4 is 23.5 Å². The number of halogens is 5. The fourth-order valence-corrected chi connectivity index (χ4v) is 3.53. The van der Waals surface area contributed by atoms with Gasteiger partial charge in [-0.15, -0.1) is 0 Å². The number of methoxy groups -OCH3 is 2. The van der Waals surface area contributed by atoms with E-state index < -0.39 is 29.3 Å². The number of carbonyl (C=O) groups is 1. The second-order valence-electron chi connectivity index (χ2n) is 7.00. The van der Waals surface area contributed by atoms with Gasteiger partial charge in [0.2, 0.25) is 0 Å². The maximum absolute atomic E-state index is 13.5. The van der Waals surface area contributed by atoms with Crippen molar-refractivity contribution in [3.05, 3.63) is 75.6 Å². The molecule has 0 atom stereocenters. The van der Waals surface area contributed by atoms with Crippen molar-refractivity contribution in [2.75, 3.05) is 14.2 Å². The highest BCUT2D eigenvalue weighted by atomic mass is 35.5. The van der Waals surface area contributed by atoms with Gasteiger partial charge in [-0.25, -0.2) is 17.6 Å². The Morgan fingerprint density at radius 2 is 1.79 bits per heavy atom. The molecule has 0 saturated carbocycles. The van der Waals surface area contributed by atoms with E-state index in [1.807, 2.05) is 0 Å². The van der Waals surface area contributed by atoms with Crippen molar-refractivity contribution in [3.63, 3.8) is 0 Å². The van der Waals surface area contributed by atoms with Gasteiger partial charge in [0.25, 0.3) is 12.9 Å². The smallest absolute Gasteiger partial charge is 0.283 e. The summed E-state index contributed by atoms with van der Waals surface area (Å²) in [4.78, 5) is 12.5. The number of phenols is 1. The van der Waals surface area contributed by atoms with E-state index in [0.29, 0.717) is 21.6 Å². The number of nitrogens with zero attached hydrogens (tertiary/aromatic N) is 2. The van der Waals surface area contributed by atoms with E-state index in [1.54, 1.807) is 18.2 Å². The molecule has 0 bridgehead atoms. The van der Waals surface area contributed by atoms with Gasteiger partial charge in [-0.05, 0) is 42.0 Å². The summed E-state index contributed by atoms with van der Waals surface area (Å²) in [5.74, 6) is -0.0464. The number of alkyl halides is 4. The van der Waals surface area contributed by atoms with E-state index in [0.717, 1.165) is 0 Å². The molecule has 11 heteroatoms. The standard InChI is InChI=1S/C23H19ClF4N2O4/c1-33-17-8-4-12(3-6-15(31)13-5-7-16(32)18(10-13)34-2)9-14(17)11-30-21(23(27)28)19(24)20(29-30)22(25)26/h3-10,22-23,32H,11H2,1-2H3/b6-3+. The second kappa shape index (κ2) is 10.6. The van der Waals surface area contributed by atoms with Crippen LogP contribution in [0.5, 0.6) is 17.2 Å². The Balaban J connectivity index is 1.91. The molecule has 1 heterocycles. The zero-order valence-corrected chi connectivity index (χ0v) is 18.7. The molecule has 0 fully saturated rings. The molecular formula is C23H19ClF4N2O4. The first-order valence-corrected chi connectivity index (χ1v) is 10.1. The van der Waals surface area contributed by atoms with Gasteiger partial charge in [-0.3, -0.25) is 9.48 Å². The number of rotatable bonds is 9. The van der Waals surface area contributed by atoms with Gasteiger partial charge >= 0.3 is 0 Å². The summed E-state index contributed by atoms with van der Waals surface area (Å²) < 4.78 is 64.2. The number of ketones is 1. The Morgan fingerprint density at radius 3 is 2.41 bits per heavy atom. The van der Waals surface area contributed by atoms with Gasteiger partial charge in [0.05, 0.1) is 25.8 Å². The largest absolute Gasteiger partial charge is 0.504 e. The maximum Gasteiger partial charge on any atom is 0.283 e. The van der Waals surface area contributed by atoms with Crippen LogP contribution < -0.4 is 9.47 Å². The third kappa shape index (κ3) is 5.33. The summed E-state index contributed by atoms with van der Waals surface area (Å²) in [5.41, 5.74) is -0.614. The van der Waals surface area contributed by atoms with Crippen LogP contribution >= 0.6 is 11.6 Å². The van der Waals surface area contributed by atoms with E-state index in [9.17, 15) is 27.5 Å². The minimum atomic E-state index is -3.12. The Hall–Kier alpha value is -3.53. The lowest BCUT2D eigenvalue weighted by Crippen LogP contribution is -2.08. The van der Waals surface area contributed by atoms with Crippen molar-refractivity contribution in [1.82, 2.24) is 9.78 Å². The molecule has 0 saturated heterocycles. The van der Waals surface area contributed by atoms with Crippen LogP contribution in [0.25, 0.3) is 6.08 Å². The minimum absolute atomic E-state index is 0.111. The minimum Gasteiger partial charge on any atom is -0.504 e. The number of carbonyl (C=O) groups excluding carboxylic acids is 1. The maximum atomic E-state index is 13.5. The molecule has 6 nitrogen and oxygen atoms in total. The summed E-state index contributed by atoms with van der Waals surface area (Å²) in [5, 5.41) is 12.4. The Kier molecular flexibility index (Phi) is 7.83. The zero-order chi connectivity index (χ0) is 25.0. The van der Waals surface area contributed by atoms with Crippen LogP contribution in [0.1, 0.15) is 45.7 Å². The average molecular weight is 499 g/mol. The molecule has 3 rings (SSSR count). The first-order valence-electron chi connectivity index (χ1n) is 9.75. The predicted octanol–water partition coefficient (Wildman–Crippen LogP) is 6.08. The Labute approximate surface area is 197 Å². The van der Waals surface area contributed by atoms with Crippen LogP contribution in [-0.4, -0.2) is 34.9 Å². The van der Waals surface area contributed by atoms with Gasteiger partial charge in [-0.2, -0.15) is 5.10 Å². The number of allylic oxidation sites excluding steroid dienone is 1. The highest BCUT2D eigenvalue weighted by Crippen LogP contribution is 2.35. The molecule has 0 unspecified atom stereocenters. The molecule has 0 aliphatic carbocycles. The van der Waals surface area contributed by atoms with E-state index in [2.05, 4.69) is 5.10 Å². The Bertz CT molecular complexity index is 1230. The number of aromatic nitrogens is 2. The normalized spacial score (nSPS) is 11.6. The first kappa shape index (κ1) is 25.1. The number of hydrogen-bond donors (Lipinski definition) is 1. The number of ether oxygens (including phenoxy) is 2. The predicted molar refractivity (Wildman–Crippen MR) is 117 cm³/mol. The van der Waals surface area contributed by atoms with E-state index in [-0.39, 0.29) is 29.4 Å². The molecule has 34 heavy (non-hydrogen) atoms. The number of aromatic hydroxyl groups is 1. The van der Waals surface area contributed by atoms with Crippen molar-refractivity contribution in [2.24, 2.45) is 0 Å². The van der Waals surface area contributed by atoms with Crippen LogP contribution in [0.15, 0.2) is 42.5 Å². The quantitative estimate of drug-likeness (QED) is 0.220. The van der Waals surface area contributed by atoms with Crippen LogP contribution in [0.3, 0.4) is 0 Å². The average Bonchev–Trinajstić information content (AvgIpc) is 3.14. The summed E-state index contributed by atoms with van der Waals surface area (Å²) in [7, 11) is 2.72. The molecule has 1 aromatic heterocycles. The van der Waals surface area contributed by atoms with Crippen molar-refractivity contribution in [3.8, 4) is 17.2 Å². The van der Waals surface area contributed by atoms with Gasteiger partial charge in [0.1, 0.15) is 17.1 Å². The third-order valence-electron chi connectivity index (χ3n) is 4.89. The summed E-state index contributed by atoms with van der Waals surface area (Å²) in [6, 6.07) is 8.86. The topological polar surface area (TPSA) is 73.6 Å². The SMILES string of the molecule is COc1cc(C(=O)/C=C/c2ccc(OC)c(Cn3nc(C(F)F)c(Cl)c3C(F)F)c2)ccc1O. The molecular weight excluding hydrogens is 480 g/mol. The molecule has 3 aromatic rings. The number of benzene rings is 2. The summed E-state index contributed by atoms with van der Waals surface area (Å²) in [6.45, 7) is -0.319. The van der Waals surface area contributed by atoms with Crippen molar-refractivity contribution in [2.45, 2.75) is 19.4 Å². The summed E-state index contributed by atoms with van der Waals surface area (Å²) in [6.07, 6.45) is -3.48. The lowest BCUT2D eigenvalue weighted by atomic mass is 10.1. The van der Waals surface area contributed by atoms with Gasteiger partial charge in [0.15, 0.2) is 17.3 Å². The van der Waals surface area contributed by atoms with Crippen LogP contribution in [0.4, 0.5) is 17.6 Å². The summed E-state index contributed by atoms with van der Waals surface area (Å²) >= 11 is 5.72. The third-order valence-corrected chi connectivity index (χ3v) is 5.27. The zero-order valence-electron chi connectivity index (χ0n) is 17.9. The lowest BCUT2D eigenvalue weighted by Gasteiger charge is -2.12. The van der Waals surface area contributed by atoms with Crippen LogP contribution in [0.2, 0.25) is 5.02 Å². The molecule has 180 valence electrons. The van der Waals surface area contributed by atoms with Gasteiger partial charge in [-0.1, -0.05) is 23.7 Å². The van der Waals surface area contributed by atoms with Crippen LogP contribution in [0, 0.1) is 0 Å². The van der Waals surface area contributed by atoms with Crippen molar-refractivity contribution in [1.29, 1.82) is 0 Å². The highest BCUT2D eigenvalue weighted by molar-refractivity contribution is 6.32. The fraction of sp³-hybridized carbons (Fsp3) is 0.217. The molecule has 0 amide bonds. The number of hydrogen-bond acceptors (Lipinski definition) is 5. The first-order chi connectivity index (χ1) is 16.2. The molecule has 0 radical (unpaired) electrons. The van der Waals surface area contributed by atoms with Gasteiger partial charge in [0, 0.05) is 11.1 Å². The highest BCUT2D eigenvalue weighted by Gasteiger charge is 2.28. The lowest BCUT2D eigenvalue weighted by molar-refractivity contribution is 0.104. The molecule has 0 aliphatic heterocycles. The molecule has 0 aliphatic rings. The monoisotopic (exact) mass is 498 g/mol. The van der Waals surface area contributed by atoms with Crippen LogP contribution in [-0.2, 0) is 6.54 Å². The van der Waals surface area contributed by atoms with Gasteiger partial charge < -0.3 is 14.6 Å². The Morgan fingerprint density at radius 1 is 1.09 bits per heavy atom. The van der Waals surface area contributed by atoms with E-state index >= 15 is 0 Å². The molecule has 2 aromatic carbocycles. The fourth-order valence-electron chi connectivity index (χ4n) is 3.23.